The Balaban J connectivity index is 2.08. The first-order valence-electron chi connectivity index (χ1n) is 6.21. The molecule has 1 atom stereocenters. The van der Waals surface area contributed by atoms with Crippen LogP contribution in [0.5, 0.6) is 0 Å². The number of hydrogen-bond donors (Lipinski definition) is 1. The van der Waals surface area contributed by atoms with Crippen molar-refractivity contribution in [1.29, 1.82) is 0 Å². The number of aryl methyl sites for hydroxylation is 1. The van der Waals surface area contributed by atoms with E-state index in [1.54, 1.807) is 11.3 Å². The molecule has 2 aromatic rings. The Bertz CT molecular complexity index is 629. The van der Waals surface area contributed by atoms with Gasteiger partial charge in [-0.1, -0.05) is 6.92 Å². The second kappa shape index (κ2) is 6.45. The third-order valence-electron chi connectivity index (χ3n) is 2.82. The van der Waals surface area contributed by atoms with Crippen LogP contribution < -0.4 is 5.32 Å². The van der Waals surface area contributed by atoms with Crippen LogP contribution in [0.15, 0.2) is 28.9 Å². The quantitative estimate of drug-likeness (QED) is 0.895. The predicted octanol–water partition coefficient (Wildman–Crippen LogP) is 4.10. The van der Waals surface area contributed by atoms with Gasteiger partial charge in [0.05, 0.1) is 10.5 Å². The average Bonchev–Trinajstić information content (AvgIpc) is 2.90. The van der Waals surface area contributed by atoms with Gasteiger partial charge in [-0.2, -0.15) is 0 Å². The van der Waals surface area contributed by atoms with Gasteiger partial charge in [-0.15, -0.1) is 11.3 Å². The molecule has 0 saturated heterocycles. The molecule has 1 amide bonds. The van der Waals surface area contributed by atoms with Crippen LogP contribution in [0.4, 0.5) is 4.39 Å². The van der Waals surface area contributed by atoms with Gasteiger partial charge in [0.1, 0.15) is 10.8 Å². The summed E-state index contributed by atoms with van der Waals surface area (Å²) in [5.74, 6) is -0.631. The molecule has 20 heavy (non-hydrogen) atoms. The van der Waals surface area contributed by atoms with Gasteiger partial charge < -0.3 is 5.32 Å². The molecule has 0 aliphatic heterocycles. The van der Waals surface area contributed by atoms with Gasteiger partial charge in [0, 0.05) is 16.6 Å². The fraction of sp³-hybridized carbons (Fsp3) is 0.286. The summed E-state index contributed by atoms with van der Waals surface area (Å²) in [5.41, 5.74) is 0.414. The summed E-state index contributed by atoms with van der Waals surface area (Å²) in [6.07, 6.45) is 2.76. The fourth-order valence-corrected chi connectivity index (χ4v) is 2.90. The molecule has 0 spiro atoms. The zero-order chi connectivity index (χ0) is 14.7. The molecule has 2 rings (SSSR count). The number of benzene rings is 1. The Morgan fingerprint density at radius 3 is 2.90 bits per heavy atom. The van der Waals surface area contributed by atoms with Crippen LogP contribution in [0.25, 0.3) is 0 Å². The molecule has 1 unspecified atom stereocenters. The van der Waals surface area contributed by atoms with Crippen molar-refractivity contribution >= 4 is 33.2 Å². The molecular weight excluding hydrogens is 343 g/mol. The van der Waals surface area contributed by atoms with Crippen LogP contribution in [0.3, 0.4) is 0 Å². The van der Waals surface area contributed by atoms with Crippen LogP contribution in [0.2, 0.25) is 0 Å². The molecule has 6 heteroatoms. The summed E-state index contributed by atoms with van der Waals surface area (Å²) in [4.78, 5) is 17.6. The van der Waals surface area contributed by atoms with Crippen LogP contribution in [0, 0.1) is 5.82 Å². The lowest BCUT2D eigenvalue weighted by Gasteiger charge is -2.11. The van der Waals surface area contributed by atoms with E-state index in [9.17, 15) is 9.18 Å². The zero-order valence-electron chi connectivity index (χ0n) is 11.1. The molecule has 1 aromatic carbocycles. The average molecular weight is 357 g/mol. The lowest BCUT2D eigenvalue weighted by Crippen LogP contribution is -2.26. The minimum absolute atomic E-state index is 0.170. The number of amides is 1. The van der Waals surface area contributed by atoms with E-state index in [1.165, 1.54) is 23.1 Å². The Morgan fingerprint density at radius 2 is 2.30 bits per heavy atom. The molecule has 1 N–H and O–H groups in total. The van der Waals surface area contributed by atoms with Crippen LogP contribution in [0.1, 0.15) is 40.1 Å². The van der Waals surface area contributed by atoms with E-state index in [4.69, 9.17) is 0 Å². The van der Waals surface area contributed by atoms with Crippen molar-refractivity contribution in [2.45, 2.75) is 26.3 Å². The molecule has 3 nitrogen and oxygen atoms in total. The highest BCUT2D eigenvalue weighted by molar-refractivity contribution is 9.10. The molecule has 0 aliphatic rings. The van der Waals surface area contributed by atoms with Gasteiger partial charge in [-0.05, 0) is 47.5 Å². The van der Waals surface area contributed by atoms with E-state index in [2.05, 4.69) is 33.2 Å². The van der Waals surface area contributed by atoms with Gasteiger partial charge in [-0.3, -0.25) is 4.79 Å². The lowest BCUT2D eigenvalue weighted by molar-refractivity contribution is 0.0939. The van der Waals surface area contributed by atoms with Crippen LogP contribution in [-0.4, -0.2) is 10.9 Å². The molecule has 0 bridgehead atoms. The van der Waals surface area contributed by atoms with Gasteiger partial charge in [0.15, 0.2) is 0 Å². The largest absolute Gasteiger partial charge is 0.343 e. The molecule has 1 heterocycles. The first-order chi connectivity index (χ1) is 9.51. The van der Waals surface area contributed by atoms with Crippen molar-refractivity contribution in [2.75, 3.05) is 0 Å². The van der Waals surface area contributed by atoms with Crippen molar-refractivity contribution < 1.29 is 9.18 Å². The summed E-state index contributed by atoms with van der Waals surface area (Å²) < 4.78 is 13.4. The van der Waals surface area contributed by atoms with Crippen molar-refractivity contribution in [2.24, 2.45) is 0 Å². The number of aromatic nitrogens is 1. The minimum Gasteiger partial charge on any atom is -0.343 e. The van der Waals surface area contributed by atoms with Gasteiger partial charge in [-0.25, -0.2) is 9.37 Å². The summed E-state index contributed by atoms with van der Waals surface area (Å²) in [6, 6.07) is 4.03. The van der Waals surface area contributed by atoms with Gasteiger partial charge in [0.25, 0.3) is 5.91 Å². The van der Waals surface area contributed by atoms with E-state index in [0.29, 0.717) is 5.56 Å². The Labute approximate surface area is 129 Å². The lowest BCUT2D eigenvalue weighted by atomic mass is 10.2. The number of carbonyl (C=O) groups excluding carboxylic acids is 1. The maximum absolute atomic E-state index is 13.1. The highest BCUT2D eigenvalue weighted by Crippen LogP contribution is 2.21. The fourth-order valence-electron chi connectivity index (χ4n) is 1.67. The Morgan fingerprint density at radius 1 is 1.55 bits per heavy atom. The second-order valence-corrected chi connectivity index (χ2v) is 6.34. The molecule has 0 radical (unpaired) electrons. The van der Waals surface area contributed by atoms with E-state index in [1.807, 2.05) is 13.1 Å². The summed E-state index contributed by atoms with van der Waals surface area (Å²) in [7, 11) is 0. The van der Waals surface area contributed by atoms with Crippen LogP contribution in [-0.2, 0) is 6.42 Å². The maximum atomic E-state index is 13.1. The van der Waals surface area contributed by atoms with Crippen molar-refractivity contribution in [3.63, 3.8) is 0 Å². The molecule has 0 saturated carbocycles. The molecule has 0 fully saturated rings. The number of rotatable bonds is 4. The van der Waals surface area contributed by atoms with E-state index in [-0.39, 0.29) is 22.2 Å². The van der Waals surface area contributed by atoms with E-state index in [0.717, 1.165) is 11.4 Å². The van der Waals surface area contributed by atoms with E-state index >= 15 is 0 Å². The predicted molar refractivity (Wildman–Crippen MR) is 81.5 cm³/mol. The SMILES string of the molecule is CCc1cnc(C(C)NC(=O)c2ccc(F)c(Br)c2)s1. The molecule has 106 valence electrons. The maximum Gasteiger partial charge on any atom is 0.251 e. The van der Waals surface area contributed by atoms with Gasteiger partial charge in [0.2, 0.25) is 0 Å². The van der Waals surface area contributed by atoms with E-state index < -0.39 is 0 Å². The topological polar surface area (TPSA) is 42.0 Å². The first kappa shape index (κ1) is 15.1. The zero-order valence-corrected chi connectivity index (χ0v) is 13.5. The smallest absolute Gasteiger partial charge is 0.251 e. The number of thiazole rings is 1. The third kappa shape index (κ3) is 3.43. The summed E-state index contributed by atoms with van der Waals surface area (Å²) in [5, 5.41) is 3.73. The van der Waals surface area contributed by atoms with Crippen molar-refractivity contribution in [1.82, 2.24) is 10.3 Å². The van der Waals surface area contributed by atoms with Crippen molar-refractivity contribution in [3.05, 3.63) is 50.1 Å². The normalized spacial score (nSPS) is 12.2. The minimum atomic E-state index is -0.387. The summed E-state index contributed by atoms with van der Waals surface area (Å²) in [6.45, 7) is 3.95. The molecule has 1 aromatic heterocycles. The molecule has 0 aliphatic carbocycles. The molecular formula is C14H14BrFN2OS. The standard InChI is InChI=1S/C14H14BrFN2OS/c1-3-10-7-17-14(20-10)8(2)18-13(19)9-4-5-12(16)11(15)6-9/h4-8H,3H2,1-2H3,(H,18,19). The monoisotopic (exact) mass is 356 g/mol. The highest BCUT2D eigenvalue weighted by Gasteiger charge is 2.15. The number of halogens is 2. The number of nitrogens with one attached hydrogen (secondary N) is 1. The summed E-state index contributed by atoms with van der Waals surface area (Å²) >= 11 is 4.66. The van der Waals surface area contributed by atoms with Crippen LogP contribution >= 0.6 is 27.3 Å². The van der Waals surface area contributed by atoms with Gasteiger partial charge >= 0.3 is 0 Å². The third-order valence-corrected chi connectivity index (χ3v) is 4.75. The Kier molecular flexibility index (Phi) is 4.88. The van der Waals surface area contributed by atoms with Crippen molar-refractivity contribution in [3.8, 4) is 0 Å². The first-order valence-corrected chi connectivity index (χ1v) is 7.82. The Hall–Kier alpha value is -1.27. The number of nitrogens with zero attached hydrogens (tertiary/aromatic N) is 1. The number of hydrogen-bond acceptors (Lipinski definition) is 3. The second-order valence-electron chi connectivity index (χ2n) is 4.34. The highest BCUT2D eigenvalue weighted by atomic mass is 79.9. The number of carbonyl (C=O) groups is 1.